The molecule has 0 radical (unpaired) electrons. The number of para-hydroxylation sites is 1. The highest BCUT2D eigenvalue weighted by atomic mass is 19.2. The van der Waals surface area contributed by atoms with Crippen molar-refractivity contribution in [3.8, 4) is 0 Å². The van der Waals surface area contributed by atoms with E-state index in [4.69, 9.17) is 0 Å². The third-order valence-corrected chi connectivity index (χ3v) is 4.95. The Morgan fingerprint density at radius 1 is 0.968 bits per heavy atom. The number of carbonyl (C=O) groups excluding carboxylic acids is 2. The summed E-state index contributed by atoms with van der Waals surface area (Å²) in [6, 6.07) is 11.8. The van der Waals surface area contributed by atoms with E-state index in [9.17, 15) is 18.4 Å². The smallest absolute Gasteiger partial charge is 0.288 e. The van der Waals surface area contributed by atoms with Gasteiger partial charge in [-0.25, -0.2) is 18.7 Å². The van der Waals surface area contributed by atoms with E-state index in [1.807, 2.05) is 18.2 Å². The summed E-state index contributed by atoms with van der Waals surface area (Å²) in [4.78, 5) is 33.7. The highest BCUT2D eigenvalue weighted by Crippen LogP contribution is 2.25. The average Bonchev–Trinajstić information content (AvgIpc) is 3.14. The topological polar surface area (TPSA) is 88.9 Å². The van der Waals surface area contributed by atoms with Crippen molar-refractivity contribution in [2.24, 2.45) is 5.92 Å². The Morgan fingerprint density at radius 3 is 2.48 bits per heavy atom. The predicted molar refractivity (Wildman–Crippen MR) is 111 cm³/mol. The SMILES string of the molecule is CC(C)C(C(=O)NNC(=O)c1ccc2ccccc2n1)n1cnc2cc(F)c(F)cc21. The molecule has 0 saturated heterocycles. The Morgan fingerprint density at radius 2 is 1.71 bits per heavy atom. The van der Waals surface area contributed by atoms with Gasteiger partial charge in [-0.3, -0.25) is 20.4 Å². The number of benzene rings is 2. The van der Waals surface area contributed by atoms with Crippen LogP contribution in [-0.4, -0.2) is 26.3 Å². The molecule has 2 aromatic heterocycles. The van der Waals surface area contributed by atoms with Gasteiger partial charge in [-0.2, -0.15) is 0 Å². The summed E-state index contributed by atoms with van der Waals surface area (Å²) < 4.78 is 28.7. The first-order valence-electron chi connectivity index (χ1n) is 9.62. The number of nitrogens with one attached hydrogen (secondary N) is 2. The third-order valence-electron chi connectivity index (χ3n) is 4.95. The molecule has 0 bridgehead atoms. The van der Waals surface area contributed by atoms with E-state index in [-0.39, 0.29) is 22.6 Å². The molecule has 2 N–H and O–H groups in total. The van der Waals surface area contributed by atoms with Gasteiger partial charge in [0.05, 0.1) is 22.9 Å². The monoisotopic (exact) mass is 423 g/mol. The van der Waals surface area contributed by atoms with Crippen LogP contribution >= 0.6 is 0 Å². The van der Waals surface area contributed by atoms with Crippen LogP contribution in [0.5, 0.6) is 0 Å². The molecule has 31 heavy (non-hydrogen) atoms. The lowest BCUT2D eigenvalue weighted by Gasteiger charge is -2.22. The van der Waals surface area contributed by atoms with E-state index in [1.54, 1.807) is 32.0 Å². The van der Waals surface area contributed by atoms with Gasteiger partial charge in [0.25, 0.3) is 11.8 Å². The van der Waals surface area contributed by atoms with Gasteiger partial charge < -0.3 is 4.57 Å². The highest BCUT2D eigenvalue weighted by molar-refractivity contribution is 5.96. The van der Waals surface area contributed by atoms with Crippen LogP contribution < -0.4 is 10.9 Å². The number of carbonyl (C=O) groups is 2. The second kappa shape index (κ2) is 8.10. The molecule has 0 aliphatic heterocycles. The zero-order valence-corrected chi connectivity index (χ0v) is 16.8. The first-order valence-corrected chi connectivity index (χ1v) is 9.62. The minimum atomic E-state index is -1.03. The lowest BCUT2D eigenvalue weighted by atomic mass is 10.0. The van der Waals surface area contributed by atoms with Gasteiger partial charge in [0.2, 0.25) is 0 Å². The number of hydrazine groups is 1. The Balaban J connectivity index is 1.54. The summed E-state index contributed by atoms with van der Waals surface area (Å²) in [7, 11) is 0. The Hall–Kier alpha value is -3.88. The van der Waals surface area contributed by atoms with Crippen LogP contribution in [0, 0.1) is 17.6 Å². The summed E-state index contributed by atoms with van der Waals surface area (Å²) in [6.45, 7) is 3.59. The van der Waals surface area contributed by atoms with E-state index in [0.29, 0.717) is 5.52 Å². The Labute approximate surface area is 176 Å². The number of aromatic nitrogens is 3. The van der Waals surface area contributed by atoms with Gasteiger partial charge in [0.15, 0.2) is 11.6 Å². The maximum Gasteiger partial charge on any atom is 0.288 e. The van der Waals surface area contributed by atoms with Crippen molar-refractivity contribution in [1.29, 1.82) is 0 Å². The largest absolute Gasteiger partial charge is 0.317 e. The molecule has 0 aliphatic rings. The molecule has 158 valence electrons. The van der Waals surface area contributed by atoms with E-state index in [0.717, 1.165) is 17.5 Å². The molecule has 1 atom stereocenters. The summed E-state index contributed by atoms with van der Waals surface area (Å²) in [5.41, 5.74) is 6.05. The summed E-state index contributed by atoms with van der Waals surface area (Å²) in [5.74, 6) is -3.40. The first kappa shape index (κ1) is 20.4. The Kier molecular flexibility index (Phi) is 5.33. The number of nitrogens with zero attached hydrogens (tertiary/aromatic N) is 3. The number of rotatable bonds is 4. The predicted octanol–water partition coefficient (Wildman–Crippen LogP) is 3.52. The molecule has 0 spiro atoms. The normalized spacial score (nSPS) is 12.3. The lowest BCUT2D eigenvalue weighted by Crippen LogP contribution is -2.46. The standard InChI is InChI=1S/C22H19F2N5O2/c1-12(2)20(29-11-25-18-9-14(23)15(24)10-19(18)29)22(31)28-27-21(30)17-8-7-13-5-3-4-6-16(13)26-17/h3-12,20H,1-2H3,(H,27,30)(H,28,31). The van der Waals surface area contributed by atoms with Gasteiger partial charge in [-0.15, -0.1) is 0 Å². The van der Waals surface area contributed by atoms with Gasteiger partial charge in [0.1, 0.15) is 11.7 Å². The maximum atomic E-state index is 13.7. The fourth-order valence-corrected chi connectivity index (χ4v) is 3.44. The summed E-state index contributed by atoms with van der Waals surface area (Å²) in [6.07, 6.45) is 1.35. The van der Waals surface area contributed by atoms with Crippen molar-refractivity contribution in [3.05, 3.63) is 72.2 Å². The molecule has 7 nitrogen and oxygen atoms in total. The first-order chi connectivity index (χ1) is 14.8. The minimum absolute atomic E-state index is 0.144. The Bertz CT molecular complexity index is 1300. The zero-order chi connectivity index (χ0) is 22.1. The molecular formula is C22H19F2N5O2. The molecule has 4 aromatic rings. The van der Waals surface area contributed by atoms with Crippen LogP contribution in [0.4, 0.5) is 8.78 Å². The van der Waals surface area contributed by atoms with E-state index < -0.39 is 29.5 Å². The van der Waals surface area contributed by atoms with Gasteiger partial charge in [-0.1, -0.05) is 38.1 Å². The summed E-state index contributed by atoms with van der Waals surface area (Å²) >= 11 is 0. The second-order valence-electron chi connectivity index (χ2n) is 7.43. The molecule has 4 rings (SSSR count). The van der Waals surface area contributed by atoms with Gasteiger partial charge >= 0.3 is 0 Å². The quantitative estimate of drug-likeness (QED) is 0.492. The molecule has 9 heteroatoms. The lowest BCUT2D eigenvalue weighted by molar-refractivity contribution is -0.126. The number of fused-ring (bicyclic) bond motifs is 2. The highest BCUT2D eigenvalue weighted by Gasteiger charge is 2.27. The second-order valence-corrected chi connectivity index (χ2v) is 7.43. The number of hydrogen-bond acceptors (Lipinski definition) is 4. The fraction of sp³-hybridized carbons (Fsp3) is 0.182. The van der Waals surface area contributed by atoms with Crippen molar-refractivity contribution < 1.29 is 18.4 Å². The minimum Gasteiger partial charge on any atom is -0.317 e. The zero-order valence-electron chi connectivity index (χ0n) is 16.8. The molecule has 2 amide bonds. The molecule has 2 aromatic carbocycles. The van der Waals surface area contributed by atoms with Crippen molar-refractivity contribution in [2.75, 3.05) is 0 Å². The van der Waals surface area contributed by atoms with Crippen molar-refractivity contribution in [2.45, 2.75) is 19.9 Å². The number of hydrogen-bond donors (Lipinski definition) is 2. The molecule has 0 fully saturated rings. The fourth-order valence-electron chi connectivity index (χ4n) is 3.44. The van der Waals surface area contributed by atoms with Crippen molar-refractivity contribution >= 4 is 33.8 Å². The van der Waals surface area contributed by atoms with Crippen LogP contribution in [0.25, 0.3) is 21.9 Å². The molecule has 0 saturated carbocycles. The van der Waals surface area contributed by atoms with Crippen molar-refractivity contribution in [3.63, 3.8) is 0 Å². The number of halogens is 2. The van der Waals surface area contributed by atoms with Crippen LogP contribution in [0.3, 0.4) is 0 Å². The van der Waals surface area contributed by atoms with Crippen LogP contribution in [0.15, 0.2) is 54.9 Å². The van der Waals surface area contributed by atoms with E-state index in [2.05, 4.69) is 20.8 Å². The van der Waals surface area contributed by atoms with Gasteiger partial charge in [0, 0.05) is 17.5 Å². The van der Waals surface area contributed by atoms with Crippen LogP contribution in [-0.2, 0) is 4.79 Å². The number of imidazole rings is 1. The molecule has 1 unspecified atom stereocenters. The average molecular weight is 423 g/mol. The van der Waals surface area contributed by atoms with Gasteiger partial charge in [-0.05, 0) is 18.1 Å². The van der Waals surface area contributed by atoms with Crippen LogP contribution in [0.1, 0.15) is 30.4 Å². The van der Waals surface area contributed by atoms with E-state index in [1.165, 1.54) is 10.9 Å². The third kappa shape index (κ3) is 3.94. The number of amides is 2. The molecule has 2 heterocycles. The molecule has 0 aliphatic carbocycles. The van der Waals surface area contributed by atoms with Crippen LogP contribution in [0.2, 0.25) is 0 Å². The van der Waals surface area contributed by atoms with Crippen molar-refractivity contribution in [1.82, 2.24) is 25.4 Å². The number of pyridine rings is 1. The molecular weight excluding hydrogens is 404 g/mol. The summed E-state index contributed by atoms with van der Waals surface area (Å²) in [5, 5.41) is 0.888. The maximum absolute atomic E-state index is 13.7. The van der Waals surface area contributed by atoms with E-state index >= 15 is 0 Å².